The van der Waals surface area contributed by atoms with Gasteiger partial charge in [-0.1, -0.05) is 36.4 Å². The van der Waals surface area contributed by atoms with Gasteiger partial charge in [0, 0.05) is 5.75 Å². The summed E-state index contributed by atoms with van der Waals surface area (Å²) in [5.41, 5.74) is 3.40. The predicted octanol–water partition coefficient (Wildman–Crippen LogP) is 4.24. The fourth-order valence-corrected chi connectivity index (χ4v) is 3.06. The minimum absolute atomic E-state index is 0.00425. The Morgan fingerprint density at radius 2 is 1.86 bits per heavy atom. The average Bonchev–Trinajstić information content (AvgIpc) is 2.50. The first-order valence-corrected chi connectivity index (χ1v) is 8.39. The van der Waals surface area contributed by atoms with E-state index in [1.165, 1.54) is 23.3 Å². The Labute approximate surface area is 135 Å². The van der Waals surface area contributed by atoms with Gasteiger partial charge in [0.05, 0.1) is 11.8 Å². The summed E-state index contributed by atoms with van der Waals surface area (Å²) in [5.74, 6) is 0.969. The second-order valence-corrected chi connectivity index (χ2v) is 6.25. The van der Waals surface area contributed by atoms with E-state index in [9.17, 15) is 9.18 Å². The zero-order chi connectivity index (χ0) is 15.9. The number of carbonyl (C=O) groups excluding carboxylic acids is 1. The summed E-state index contributed by atoms with van der Waals surface area (Å²) in [4.78, 5) is 12.0. The van der Waals surface area contributed by atoms with Crippen LogP contribution in [0.25, 0.3) is 0 Å². The summed E-state index contributed by atoms with van der Waals surface area (Å²) in [6.07, 6.45) is 0. The molecular weight excluding hydrogens is 297 g/mol. The quantitative estimate of drug-likeness (QED) is 0.863. The fourth-order valence-electron chi connectivity index (χ4n) is 2.14. The summed E-state index contributed by atoms with van der Waals surface area (Å²) in [6, 6.07) is 14.3. The largest absolute Gasteiger partial charge is 0.349 e. The number of halogens is 1. The first kappa shape index (κ1) is 16.6. The zero-order valence-electron chi connectivity index (χ0n) is 12.8. The lowest BCUT2D eigenvalue weighted by atomic mass is 10.1. The molecule has 2 aromatic rings. The third-order valence-corrected chi connectivity index (χ3v) is 4.48. The van der Waals surface area contributed by atoms with Crippen molar-refractivity contribution < 1.29 is 9.18 Å². The van der Waals surface area contributed by atoms with Crippen molar-refractivity contribution in [1.82, 2.24) is 5.32 Å². The molecular formula is C18H20FNOS. The van der Waals surface area contributed by atoms with E-state index in [0.717, 1.165) is 11.3 Å². The van der Waals surface area contributed by atoms with Crippen LogP contribution < -0.4 is 5.32 Å². The summed E-state index contributed by atoms with van der Waals surface area (Å²) < 4.78 is 12.9. The minimum atomic E-state index is -0.268. The van der Waals surface area contributed by atoms with Crippen molar-refractivity contribution in [1.29, 1.82) is 0 Å². The molecule has 2 rings (SSSR count). The number of thioether (sulfide) groups is 1. The number of rotatable bonds is 6. The number of amides is 1. The summed E-state index contributed by atoms with van der Waals surface area (Å²) in [7, 11) is 0. The molecule has 116 valence electrons. The van der Waals surface area contributed by atoms with Gasteiger partial charge in [-0.05, 0) is 42.7 Å². The second-order valence-electron chi connectivity index (χ2n) is 5.26. The Morgan fingerprint density at radius 3 is 2.55 bits per heavy atom. The third kappa shape index (κ3) is 4.88. The maximum absolute atomic E-state index is 12.9. The van der Waals surface area contributed by atoms with Crippen LogP contribution in [-0.4, -0.2) is 11.7 Å². The average molecular weight is 317 g/mol. The van der Waals surface area contributed by atoms with Crippen molar-refractivity contribution in [3.05, 3.63) is 71.0 Å². The predicted molar refractivity (Wildman–Crippen MR) is 90.3 cm³/mol. The Morgan fingerprint density at radius 1 is 1.18 bits per heavy atom. The van der Waals surface area contributed by atoms with Gasteiger partial charge in [0.25, 0.3) is 0 Å². The molecule has 0 heterocycles. The highest BCUT2D eigenvalue weighted by atomic mass is 32.2. The molecule has 0 fully saturated rings. The van der Waals surface area contributed by atoms with Gasteiger partial charge >= 0.3 is 0 Å². The van der Waals surface area contributed by atoms with Gasteiger partial charge in [-0.15, -0.1) is 11.8 Å². The van der Waals surface area contributed by atoms with Gasteiger partial charge in [0.15, 0.2) is 0 Å². The van der Waals surface area contributed by atoms with Crippen LogP contribution in [0, 0.1) is 12.7 Å². The standard InChI is InChI=1S/C18H20FNOS/c1-13-5-3-4-6-16(13)11-22-12-18(21)20-14(2)15-7-9-17(19)10-8-15/h3-10,14H,11-12H2,1-2H3,(H,20,21)/t14-/m1/s1. The highest BCUT2D eigenvalue weighted by Crippen LogP contribution is 2.17. The lowest BCUT2D eigenvalue weighted by molar-refractivity contribution is -0.119. The first-order valence-electron chi connectivity index (χ1n) is 7.23. The van der Waals surface area contributed by atoms with Crippen LogP contribution in [0.15, 0.2) is 48.5 Å². The number of nitrogens with one attached hydrogen (secondary N) is 1. The maximum atomic E-state index is 12.9. The normalized spacial score (nSPS) is 12.0. The lowest BCUT2D eigenvalue weighted by Crippen LogP contribution is -2.28. The molecule has 0 saturated heterocycles. The van der Waals surface area contributed by atoms with Gasteiger partial charge < -0.3 is 5.32 Å². The van der Waals surface area contributed by atoms with Crippen LogP contribution in [0.1, 0.15) is 29.7 Å². The molecule has 22 heavy (non-hydrogen) atoms. The van der Waals surface area contributed by atoms with Crippen molar-refractivity contribution >= 4 is 17.7 Å². The molecule has 0 radical (unpaired) electrons. The van der Waals surface area contributed by atoms with E-state index in [4.69, 9.17) is 0 Å². The van der Waals surface area contributed by atoms with E-state index in [1.807, 2.05) is 19.1 Å². The fraction of sp³-hybridized carbons (Fsp3) is 0.278. The van der Waals surface area contributed by atoms with E-state index in [2.05, 4.69) is 24.4 Å². The Kier molecular flexibility index (Phi) is 6.01. The Bertz CT molecular complexity index is 627. The molecule has 0 saturated carbocycles. The van der Waals surface area contributed by atoms with Crippen LogP contribution in [-0.2, 0) is 10.5 Å². The van der Waals surface area contributed by atoms with Crippen LogP contribution in [0.4, 0.5) is 4.39 Å². The van der Waals surface area contributed by atoms with Gasteiger partial charge in [-0.2, -0.15) is 0 Å². The second kappa shape index (κ2) is 7.99. The van der Waals surface area contributed by atoms with Gasteiger partial charge in [-0.3, -0.25) is 4.79 Å². The Balaban J connectivity index is 1.78. The third-order valence-electron chi connectivity index (χ3n) is 3.50. The summed E-state index contributed by atoms with van der Waals surface area (Å²) >= 11 is 1.60. The molecule has 0 bridgehead atoms. The molecule has 1 amide bonds. The number of benzene rings is 2. The van der Waals surface area contributed by atoms with E-state index >= 15 is 0 Å². The van der Waals surface area contributed by atoms with Crippen molar-refractivity contribution in [2.24, 2.45) is 0 Å². The molecule has 1 atom stereocenters. The monoisotopic (exact) mass is 317 g/mol. The molecule has 0 aliphatic rings. The SMILES string of the molecule is Cc1ccccc1CSCC(=O)N[C@H](C)c1ccc(F)cc1. The van der Waals surface area contributed by atoms with Crippen molar-refractivity contribution in [3.63, 3.8) is 0 Å². The van der Waals surface area contributed by atoms with Crippen molar-refractivity contribution in [3.8, 4) is 0 Å². The zero-order valence-corrected chi connectivity index (χ0v) is 13.6. The van der Waals surface area contributed by atoms with E-state index in [0.29, 0.717) is 5.75 Å². The van der Waals surface area contributed by atoms with Crippen LogP contribution in [0.5, 0.6) is 0 Å². The van der Waals surface area contributed by atoms with Crippen LogP contribution in [0.2, 0.25) is 0 Å². The molecule has 2 nitrogen and oxygen atoms in total. The number of aryl methyl sites for hydroxylation is 1. The van der Waals surface area contributed by atoms with Crippen molar-refractivity contribution in [2.45, 2.75) is 25.6 Å². The molecule has 0 unspecified atom stereocenters. The molecule has 0 spiro atoms. The summed E-state index contributed by atoms with van der Waals surface area (Å²) in [5, 5.41) is 2.93. The molecule has 2 aromatic carbocycles. The van der Waals surface area contributed by atoms with E-state index in [-0.39, 0.29) is 17.8 Å². The van der Waals surface area contributed by atoms with E-state index in [1.54, 1.807) is 23.9 Å². The first-order chi connectivity index (χ1) is 10.6. The Hall–Kier alpha value is -1.81. The number of carbonyl (C=O) groups is 1. The topological polar surface area (TPSA) is 29.1 Å². The lowest BCUT2D eigenvalue weighted by Gasteiger charge is -2.14. The molecule has 0 aliphatic carbocycles. The molecule has 0 aliphatic heterocycles. The van der Waals surface area contributed by atoms with Gasteiger partial charge in [-0.25, -0.2) is 4.39 Å². The number of hydrogen-bond donors (Lipinski definition) is 1. The van der Waals surface area contributed by atoms with Gasteiger partial charge in [0.1, 0.15) is 5.82 Å². The van der Waals surface area contributed by atoms with Crippen LogP contribution >= 0.6 is 11.8 Å². The summed E-state index contributed by atoms with van der Waals surface area (Å²) in [6.45, 7) is 3.98. The van der Waals surface area contributed by atoms with E-state index < -0.39 is 0 Å². The highest BCUT2D eigenvalue weighted by Gasteiger charge is 2.10. The highest BCUT2D eigenvalue weighted by molar-refractivity contribution is 7.99. The smallest absolute Gasteiger partial charge is 0.230 e. The molecule has 4 heteroatoms. The van der Waals surface area contributed by atoms with Gasteiger partial charge in [0.2, 0.25) is 5.91 Å². The van der Waals surface area contributed by atoms with Crippen LogP contribution in [0.3, 0.4) is 0 Å². The maximum Gasteiger partial charge on any atom is 0.230 e. The molecule has 0 aromatic heterocycles. The molecule has 1 N–H and O–H groups in total. The minimum Gasteiger partial charge on any atom is -0.349 e. The number of hydrogen-bond acceptors (Lipinski definition) is 2. The van der Waals surface area contributed by atoms with Crippen molar-refractivity contribution in [2.75, 3.05) is 5.75 Å².